The zero-order valence-corrected chi connectivity index (χ0v) is 16.0. The van der Waals surface area contributed by atoms with E-state index in [1.807, 2.05) is 29.3 Å². The number of carbonyl (C=O) groups excluding carboxylic acids is 1. The van der Waals surface area contributed by atoms with Crippen molar-refractivity contribution in [2.75, 3.05) is 33.8 Å². The molecule has 0 saturated carbocycles. The number of aromatic nitrogens is 2. The van der Waals surface area contributed by atoms with Gasteiger partial charge in [0.05, 0.1) is 7.11 Å². The number of hydrogen-bond donors (Lipinski definition) is 0. The predicted octanol–water partition coefficient (Wildman–Crippen LogP) is 2.49. The van der Waals surface area contributed by atoms with Crippen molar-refractivity contribution in [3.63, 3.8) is 0 Å². The van der Waals surface area contributed by atoms with Crippen molar-refractivity contribution in [3.8, 4) is 5.75 Å². The summed E-state index contributed by atoms with van der Waals surface area (Å²) >= 11 is 0. The summed E-state index contributed by atoms with van der Waals surface area (Å²) in [5.74, 6) is 1.86. The van der Waals surface area contributed by atoms with Crippen LogP contribution in [0.1, 0.15) is 46.2 Å². The summed E-state index contributed by atoms with van der Waals surface area (Å²) < 4.78 is 5.25. The number of likely N-dealkylation sites (tertiary alicyclic amines) is 1. The monoisotopic (exact) mass is 366 g/mol. The van der Waals surface area contributed by atoms with Gasteiger partial charge in [0, 0.05) is 61.5 Å². The van der Waals surface area contributed by atoms with Crippen LogP contribution in [-0.2, 0) is 13.0 Å². The first-order valence-electron chi connectivity index (χ1n) is 9.60. The van der Waals surface area contributed by atoms with Gasteiger partial charge in [0.25, 0.3) is 5.91 Å². The molecule has 0 bridgehead atoms. The first-order chi connectivity index (χ1) is 13.1. The van der Waals surface area contributed by atoms with E-state index in [1.165, 1.54) is 11.3 Å². The number of ether oxygens (including phenoxy) is 1. The van der Waals surface area contributed by atoms with Gasteiger partial charge in [-0.15, -0.1) is 0 Å². The van der Waals surface area contributed by atoms with E-state index in [9.17, 15) is 4.79 Å². The molecule has 3 heterocycles. The molecule has 0 aliphatic carbocycles. The zero-order chi connectivity index (χ0) is 18.8. The van der Waals surface area contributed by atoms with Crippen molar-refractivity contribution in [1.82, 2.24) is 19.8 Å². The van der Waals surface area contributed by atoms with Crippen LogP contribution in [0.2, 0.25) is 0 Å². The van der Waals surface area contributed by atoms with Crippen molar-refractivity contribution in [2.24, 2.45) is 0 Å². The topological polar surface area (TPSA) is 58.6 Å². The van der Waals surface area contributed by atoms with Crippen LogP contribution < -0.4 is 4.74 Å². The van der Waals surface area contributed by atoms with E-state index in [1.54, 1.807) is 13.2 Å². The first kappa shape index (κ1) is 17.9. The van der Waals surface area contributed by atoms with Crippen LogP contribution in [-0.4, -0.2) is 59.5 Å². The number of benzene rings is 1. The van der Waals surface area contributed by atoms with Crippen LogP contribution in [0.4, 0.5) is 0 Å². The second kappa shape index (κ2) is 7.64. The summed E-state index contributed by atoms with van der Waals surface area (Å²) in [4.78, 5) is 26.7. The summed E-state index contributed by atoms with van der Waals surface area (Å²) in [7, 11) is 3.74. The number of nitrogens with zero attached hydrogens (tertiary/aromatic N) is 4. The van der Waals surface area contributed by atoms with Crippen LogP contribution in [0.15, 0.2) is 30.5 Å². The Kier molecular flexibility index (Phi) is 5.07. The van der Waals surface area contributed by atoms with Crippen molar-refractivity contribution in [1.29, 1.82) is 0 Å². The maximum Gasteiger partial charge on any atom is 0.254 e. The third-order valence-electron chi connectivity index (χ3n) is 5.53. The van der Waals surface area contributed by atoms with Crippen LogP contribution in [0.25, 0.3) is 0 Å². The van der Waals surface area contributed by atoms with Crippen molar-refractivity contribution in [2.45, 2.75) is 31.7 Å². The van der Waals surface area contributed by atoms with Crippen LogP contribution in [0.3, 0.4) is 0 Å². The van der Waals surface area contributed by atoms with E-state index in [0.29, 0.717) is 17.9 Å². The Morgan fingerprint density at radius 2 is 2.19 bits per heavy atom. The van der Waals surface area contributed by atoms with Gasteiger partial charge in [0.2, 0.25) is 0 Å². The maximum atomic E-state index is 12.9. The quantitative estimate of drug-likeness (QED) is 0.835. The van der Waals surface area contributed by atoms with Gasteiger partial charge in [-0.2, -0.15) is 0 Å². The third kappa shape index (κ3) is 3.81. The van der Waals surface area contributed by atoms with Gasteiger partial charge >= 0.3 is 0 Å². The maximum absolute atomic E-state index is 12.9. The Morgan fingerprint density at radius 3 is 3.04 bits per heavy atom. The number of fused-ring (bicyclic) bond motifs is 1. The standard InChI is InChI=1S/C21H26N4O2/c1-24-10-8-19-17(13-24)12-22-20(23-19)16-6-4-9-25(14-16)21(26)15-5-3-7-18(11-15)27-2/h3,5,7,11-12,16H,4,6,8-10,13-14H2,1-2H3/t16-/m0/s1. The molecule has 0 spiro atoms. The normalized spacial score (nSPS) is 20.2. The molecule has 27 heavy (non-hydrogen) atoms. The van der Waals surface area contributed by atoms with Crippen LogP contribution >= 0.6 is 0 Å². The number of likely N-dealkylation sites (N-methyl/N-ethyl adjacent to an activating group) is 1. The molecule has 1 amide bonds. The minimum atomic E-state index is 0.0539. The molecule has 6 heteroatoms. The fourth-order valence-electron chi connectivity index (χ4n) is 3.98. The Bertz CT molecular complexity index is 839. The molecule has 4 rings (SSSR count). The molecule has 1 aromatic carbocycles. The first-order valence-corrected chi connectivity index (χ1v) is 9.60. The van der Waals surface area contributed by atoms with E-state index < -0.39 is 0 Å². The predicted molar refractivity (Wildman–Crippen MR) is 103 cm³/mol. The van der Waals surface area contributed by atoms with E-state index in [-0.39, 0.29) is 11.8 Å². The SMILES string of the molecule is COc1cccc(C(=O)N2CCC[C@H](c3ncc4c(n3)CCN(C)C4)C2)c1. The highest BCUT2D eigenvalue weighted by Gasteiger charge is 2.28. The molecule has 2 aliphatic rings. The molecule has 1 fully saturated rings. The number of amides is 1. The summed E-state index contributed by atoms with van der Waals surface area (Å²) in [5, 5.41) is 0. The van der Waals surface area contributed by atoms with E-state index in [4.69, 9.17) is 9.72 Å². The Morgan fingerprint density at radius 1 is 1.30 bits per heavy atom. The highest BCUT2D eigenvalue weighted by atomic mass is 16.5. The second-order valence-electron chi connectivity index (χ2n) is 7.51. The number of hydrogen-bond acceptors (Lipinski definition) is 5. The Labute approximate surface area is 160 Å². The van der Waals surface area contributed by atoms with E-state index >= 15 is 0 Å². The Balaban J connectivity index is 1.50. The smallest absolute Gasteiger partial charge is 0.254 e. The lowest BCUT2D eigenvalue weighted by Gasteiger charge is -2.33. The molecule has 0 unspecified atom stereocenters. The minimum absolute atomic E-state index is 0.0539. The van der Waals surface area contributed by atoms with Gasteiger partial charge in [-0.05, 0) is 38.1 Å². The molecule has 1 atom stereocenters. The van der Waals surface area contributed by atoms with Crippen LogP contribution in [0, 0.1) is 0 Å². The molecule has 0 radical (unpaired) electrons. The summed E-state index contributed by atoms with van der Waals surface area (Å²) in [5.41, 5.74) is 3.08. The van der Waals surface area contributed by atoms with Crippen molar-refractivity contribution in [3.05, 3.63) is 53.1 Å². The highest BCUT2D eigenvalue weighted by Crippen LogP contribution is 2.27. The van der Waals surface area contributed by atoms with Gasteiger partial charge in [0.15, 0.2) is 0 Å². The average molecular weight is 366 g/mol. The Hall–Kier alpha value is -2.47. The molecular formula is C21H26N4O2. The largest absolute Gasteiger partial charge is 0.497 e. The average Bonchev–Trinajstić information content (AvgIpc) is 2.73. The van der Waals surface area contributed by atoms with Crippen LogP contribution in [0.5, 0.6) is 5.75 Å². The highest BCUT2D eigenvalue weighted by molar-refractivity contribution is 5.94. The molecule has 0 N–H and O–H groups in total. The minimum Gasteiger partial charge on any atom is -0.497 e. The van der Waals surface area contributed by atoms with Gasteiger partial charge in [0.1, 0.15) is 11.6 Å². The third-order valence-corrected chi connectivity index (χ3v) is 5.53. The zero-order valence-electron chi connectivity index (χ0n) is 16.0. The van der Waals surface area contributed by atoms with Gasteiger partial charge in [-0.3, -0.25) is 4.79 Å². The summed E-state index contributed by atoms with van der Waals surface area (Å²) in [6, 6.07) is 7.36. The number of rotatable bonds is 3. The number of methoxy groups -OCH3 is 1. The lowest BCUT2D eigenvalue weighted by Crippen LogP contribution is -2.39. The fraction of sp³-hybridized carbons (Fsp3) is 0.476. The van der Waals surface area contributed by atoms with E-state index in [2.05, 4.69) is 16.9 Å². The van der Waals surface area contributed by atoms with Crippen molar-refractivity contribution >= 4 is 5.91 Å². The lowest BCUT2D eigenvalue weighted by atomic mass is 9.96. The van der Waals surface area contributed by atoms with E-state index in [0.717, 1.165) is 44.7 Å². The molecule has 2 aromatic rings. The molecular weight excluding hydrogens is 340 g/mol. The summed E-state index contributed by atoms with van der Waals surface area (Å²) in [6.45, 7) is 3.41. The number of carbonyl (C=O) groups is 1. The fourth-order valence-corrected chi connectivity index (χ4v) is 3.98. The lowest BCUT2D eigenvalue weighted by molar-refractivity contribution is 0.0704. The van der Waals surface area contributed by atoms with Gasteiger partial charge in [-0.25, -0.2) is 9.97 Å². The molecule has 6 nitrogen and oxygen atoms in total. The number of piperidine rings is 1. The van der Waals surface area contributed by atoms with Crippen molar-refractivity contribution < 1.29 is 9.53 Å². The molecule has 1 aromatic heterocycles. The second-order valence-corrected chi connectivity index (χ2v) is 7.51. The molecule has 1 saturated heterocycles. The van der Waals surface area contributed by atoms with Gasteiger partial charge in [-0.1, -0.05) is 6.07 Å². The summed E-state index contributed by atoms with van der Waals surface area (Å²) in [6.07, 6.45) is 4.96. The van der Waals surface area contributed by atoms with Gasteiger partial charge < -0.3 is 14.5 Å². The molecule has 2 aliphatic heterocycles. The molecule has 142 valence electrons.